The highest BCUT2D eigenvalue weighted by atomic mass is 79.9. The van der Waals surface area contributed by atoms with Crippen LogP contribution in [0.1, 0.15) is 18.5 Å². The van der Waals surface area contributed by atoms with E-state index in [0.29, 0.717) is 11.5 Å². The second kappa shape index (κ2) is 5.44. The van der Waals surface area contributed by atoms with Gasteiger partial charge in [0.25, 0.3) is 0 Å². The molecule has 5 heteroatoms. The van der Waals surface area contributed by atoms with Gasteiger partial charge in [0.1, 0.15) is 5.82 Å². The van der Waals surface area contributed by atoms with Gasteiger partial charge in [-0.05, 0) is 28.9 Å². The standard InChI is InChI=1S/C13H13BrFN3/c1-9(11-5-3-4-6-12(11)15)18(2)13-16-7-10(14)8-17-13/h3-9H,1-2H3. The first-order valence-corrected chi connectivity index (χ1v) is 6.33. The molecule has 0 saturated carbocycles. The Kier molecular flexibility index (Phi) is 3.91. The second-order valence-electron chi connectivity index (χ2n) is 4.01. The van der Waals surface area contributed by atoms with Gasteiger partial charge in [0, 0.05) is 25.0 Å². The smallest absolute Gasteiger partial charge is 0.225 e. The van der Waals surface area contributed by atoms with Gasteiger partial charge in [0.05, 0.1) is 10.5 Å². The Labute approximate surface area is 114 Å². The fourth-order valence-electron chi connectivity index (χ4n) is 1.68. The van der Waals surface area contributed by atoms with E-state index >= 15 is 0 Å². The normalized spacial score (nSPS) is 12.2. The molecule has 0 amide bonds. The van der Waals surface area contributed by atoms with E-state index in [2.05, 4.69) is 25.9 Å². The average molecular weight is 310 g/mol. The molecule has 0 radical (unpaired) electrons. The summed E-state index contributed by atoms with van der Waals surface area (Å²) in [5.74, 6) is 0.350. The van der Waals surface area contributed by atoms with Crippen LogP contribution in [0.5, 0.6) is 0 Å². The van der Waals surface area contributed by atoms with Crippen molar-refractivity contribution in [1.82, 2.24) is 9.97 Å². The minimum absolute atomic E-state index is 0.132. The monoisotopic (exact) mass is 309 g/mol. The molecule has 2 aromatic rings. The molecule has 0 bridgehead atoms. The van der Waals surface area contributed by atoms with Crippen molar-refractivity contribution in [1.29, 1.82) is 0 Å². The van der Waals surface area contributed by atoms with E-state index in [1.807, 2.05) is 24.9 Å². The van der Waals surface area contributed by atoms with Crippen molar-refractivity contribution >= 4 is 21.9 Å². The van der Waals surface area contributed by atoms with Crippen molar-refractivity contribution in [2.75, 3.05) is 11.9 Å². The molecule has 0 aliphatic heterocycles. The van der Waals surface area contributed by atoms with E-state index in [4.69, 9.17) is 0 Å². The van der Waals surface area contributed by atoms with Gasteiger partial charge in [0.15, 0.2) is 0 Å². The molecule has 2 rings (SSSR count). The van der Waals surface area contributed by atoms with Crippen LogP contribution in [0.25, 0.3) is 0 Å². The molecule has 0 aliphatic rings. The summed E-state index contributed by atoms with van der Waals surface area (Å²) in [6, 6.07) is 6.61. The van der Waals surface area contributed by atoms with E-state index in [-0.39, 0.29) is 11.9 Å². The van der Waals surface area contributed by atoms with E-state index in [1.165, 1.54) is 6.07 Å². The van der Waals surface area contributed by atoms with Gasteiger partial charge < -0.3 is 4.90 Å². The second-order valence-corrected chi connectivity index (χ2v) is 4.93. The number of benzene rings is 1. The van der Waals surface area contributed by atoms with Crippen molar-refractivity contribution in [2.24, 2.45) is 0 Å². The maximum Gasteiger partial charge on any atom is 0.225 e. The number of hydrogen-bond donors (Lipinski definition) is 0. The van der Waals surface area contributed by atoms with Crippen LogP contribution in [0.2, 0.25) is 0 Å². The van der Waals surface area contributed by atoms with Crippen LogP contribution in [0.3, 0.4) is 0 Å². The highest BCUT2D eigenvalue weighted by molar-refractivity contribution is 9.10. The lowest BCUT2D eigenvalue weighted by Gasteiger charge is -2.25. The molecule has 3 nitrogen and oxygen atoms in total. The van der Waals surface area contributed by atoms with E-state index < -0.39 is 0 Å². The Morgan fingerprint density at radius 2 is 1.83 bits per heavy atom. The number of nitrogens with zero attached hydrogens (tertiary/aromatic N) is 3. The van der Waals surface area contributed by atoms with Crippen molar-refractivity contribution in [2.45, 2.75) is 13.0 Å². The van der Waals surface area contributed by atoms with Crippen LogP contribution in [-0.4, -0.2) is 17.0 Å². The molecule has 1 unspecified atom stereocenters. The lowest BCUT2D eigenvalue weighted by molar-refractivity contribution is 0.582. The molecule has 18 heavy (non-hydrogen) atoms. The number of hydrogen-bond acceptors (Lipinski definition) is 3. The topological polar surface area (TPSA) is 29.0 Å². The molecule has 0 fully saturated rings. The highest BCUT2D eigenvalue weighted by Gasteiger charge is 2.17. The van der Waals surface area contributed by atoms with Crippen LogP contribution in [0.15, 0.2) is 41.1 Å². The first kappa shape index (κ1) is 13.0. The molecule has 1 heterocycles. The summed E-state index contributed by atoms with van der Waals surface area (Å²) in [6.45, 7) is 1.92. The quantitative estimate of drug-likeness (QED) is 0.868. The van der Waals surface area contributed by atoms with Gasteiger partial charge in [0.2, 0.25) is 5.95 Å². The lowest BCUT2D eigenvalue weighted by Crippen LogP contribution is -2.24. The summed E-state index contributed by atoms with van der Waals surface area (Å²) in [4.78, 5) is 10.2. The minimum atomic E-state index is -0.214. The third-order valence-corrected chi connectivity index (χ3v) is 3.27. The fraction of sp³-hybridized carbons (Fsp3) is 0.231. The molecular weight excluding hydrogens is 297 g/mol. The lowest BCUT2D eigenvalue weighted by atomic mass is 10.1. The van der Waals surface area contributed by atoms with E-state index in [9.17, 15) is 4.39 Å². The molecule has 1 aromatic heterocycles. The van der Waals surface area contributed by atoms with Crippen LogP contribution < -0.4 is 4.90 Å². The van der Waals surface area contributed by atoms with Crippen molar-refractivity contribution in [3.63, 3.8) is 0 Å². The third kappa shape index (κ3) is 2.67. The minimum Gasteiger partial charge on any atom is -0.337 e. The Morgan fingerprint density at radius 1 is 1.22 bits per heavy atom. The third-order valence-electron chi connectivity index (χ3n) is 2.86. The van der Waals surface area contributed by atoms with Crippen LogP contribution in [0.4, 0.5) is 10.3 Å². The van der Waals surface area contributed by atoms with Crippen LogP contribution in [-0.2, 0) is 0 Å². The van der Waals surface area contributed by atoms with Gasteiger partial charge in [-0.2, -0.15) is 0 Å². The molecule has 1 atom stereocenters. The number of halogens is 2. The van der Waals surface area contributed by atoms with E-state index in [0.717, 1.165) is 4.47 Å². The van der Waals surface area contributed by atoms with Crippen molar-refractivity contribution < 1.29 is 4.39 Å². The maximum absolute atomic E-state index is 13.7. The Bertz CT molecular complexity index is 530. The first-order chi connectivity index (χ1) is 8.59. The summed E-state index contributed by atoms with van der Waals surface area (Å²) < 4.78 is 14.5. The Balaban J connectivity index is 2.26. The summed E-state index contributed by atoms with van der Waals surface area (Å²) in [5.41, 5.74) is 0.631. The summed E-state index contributed by atoms with van der Waals surface area (Å²) in [7, 11) is 1.85. The van der Waals surface area contributed by atoms with Crippen LogP contribution in [0, 0.1) is 5.82 Å². The summed E-state index contributed by atoms with van der Waals surface area (Å²) >= 11 is 3.28. The van der Waals surface area contributed by atoms with Gasteiger partial charge in [-0.3, -0.25) is 0 Å². The molecule has 0 N–H and O–H groups in total. The SMILES string of the molecule is CC(c1ccccc1F)N(C)c1ncc(Br)cn1. The molecule has 0 saturated heterocycles. The molecule has 94 valence electrons. The van der Waals surface area contributed by atoms with Crippen LogP contribution >= 0.6 is 15.9 Å². The Hall–Kier alpha value is -1.49. The summed E-state index contributed by atoms with van der Waals surface area (Å²) in [5, 5.41) is 0. The average Bonchev–Trinajstić information content (AvgIpc) is 2.38. The highest BCUT2D eigenvalue weighted by Crippen LogP contribution is 2.24. The maximum atomic E-state index is 13.7. The van der Waals surface area contributed by atoms with Gasteiger partial charge in [-0.25, -0.2) is 14.4 Å². The number of anilines is 1. The largest absolute Gasteiger partial charge is 0.337 e. The predicted molar refractivity (Wildman–Crippen MR) is 73.0 cm³/mol. The number of rotatable bonds is 3. The van der Waals surface area contributed by atoms with Gasteiger partial charge >= 0.3 is 0 Å². The Morgan fingerprint density at radius 3 is 2.44 bits per heavy atom. The predicted octanol–water partition coefficient (Wildman–Crippen LogP) is 3.58. The number of aromatic nitrogens is 2. The summed E-state index contributed by atoms with van der Waals surface area (Å²) in [6.07, 6.45) is 3.35. The van der Waals surface area contributed by atoms with Gasteiger partial charge in [-0.15, -0.1) is 0 Å². The molecule has 1 aromatic carbocycles. The zero-order valence-electron chi connectivity index (χ0n) is 10.1. The fourth-order valence-corrected chi connectivity index (χ4v) is 1.89. The van der Waals surface area contributed by atoms with Crippen molar-refractivity contribution in [3.05, 3.63) is 52.5 Å². The zero-order chi connectivity index (χ0) is 13.1. The zero-order valence-corrected chi connectivity index (χ0v) is 11.7. The van der Waals surface area contributed by atoms with Gasteiger partial charge in [-0.1, -0.05) is 18.2 Å². The van der Waals surface area contributed by atoms with Crippen molar-refractivity contribution in [3.8, 4) is 0 Å². The molecule has 0 spiro atoms. The molecule has 0 aliphatic carbocycles. The first-order valence-electron chi connectivity index (χ1n) is 5.54. The van der Waals surface area contributed by atoms with E-state index in [1.54, 1.807) is 24.5 Å². The molecular formula is C13H13BrFN3.